The number of aryl methyl sites for hydroxylation is 2. The predicted octanol–water partition coefficient (Wildman–Crippen LogP) is -0.158. The third kappa shape index (κ3) is 2.71. The molecule has 0 amide bonds. The van der Waals surface area contributed by atoms with Crippen LogP contribution in [-0.2, 0) is 24.9 Å². The Balaban J connectivity index is 2.00. The molecule has 10 heteroatoms. The molecular weight excluding hydrogens is 374 g/mol. The van der Waals surface area contributed by atoms with Gasteiger partial charge in [-0.2, -0.15) is 4.98 Å². The molecule has 0 fully saturated rings. The van der Waals surface area contributed by atoms with Crippen LogP contribution in [0.25, 0.3) is 11.2 Å². The Morgan fingerprint density at radius 1 is 1.30 bits per heavy atom. The molecule has 3 aromatic rings. The van der Waals surface area contributed by atoms with E-state index in [9.17, 15) is 19.5 Å². The highest BCUT2D eigenvalue weighted by atomic mass is 35.5. The van der Waals surface area contributed by atoms with E-state index in [1.807, 2.05) is 17.0 Å². The van der Waals surface area contributed by atoms with Crippen molar-refractivity contribution in [2.24, 2.45) is 7.05 Å². The minimum absolute atomic E-state index is 0.195. The first-order valence-corrected chi connectivity index (χ1v) is 8.69. The minimum atomic E-state index is -1.51. The van der Waals surface area contributed by atoms with Gasteiger partial charge in [-0.15, -0.1) is 0 Å². The summed E-state index contributed by atoms with van der Waals surface area (Å²) in [6.45, 7) is 0.395. The fourth-order valence-corrected chi connectivity index (χ4v) is 3.61. The summed E-state index contributed by atoms with van der Waals surface area (Å²) in [5.41, 5.74) is -0.215. The number of carboxylic acid groups (broad SMARTS) is 1. The van der Waals surface area contributed by atoms with Crippen LogP contribution in [0.4, 0.5) is 11.6 Å². The van der Waals surface area contributed by atoms with E-state index < -0.39 is 23.8 Å². The van der Waals surface area contributed by atoms with Crippen molar-refractivity contribution >= 4 is 40.4 Å². The largest absolute Gasteiger partial charge is 0.548 e. The van der Waals surface area contributed by atoms with Crippen molar-refractivity contribution in [1.29, 1.82) is 0 Å². The van der Waals surface area contributed by atoms with Crippen molar-refractivity contribution in [3.05, 3.63) is 50.1 Å². The topological polar surface area (TPSA) is 105 Å². The van der Waals surface area contributed by atoms with E-state index in [2.05, 4.69) is 4.98 Å². The van der Waals surface area contributed by atoms with Gasteiger partial charge in [0.05, 0.1) is 12.5 Å². The lowest BCUT2D eigenvalue weighted by atomic mass is 10.2. The number of nitrogens with zero attached hydrogens (tertiary/aromatic N) is 5. The maximum absolute atomic E-state index is 12.8. The number of carbonyl (C=O) groups excluding carboxylic acids is 1. The third-order valence-corrected chi connectivity index (χ3v) is 4.86. The monoisotopic (exact) mass is 388 g/mol. The number of hydrogen-bond acceptors (Lipinski definition) is 6. The van der Waals surface area contributed by atoms with E-state index in [1.165, 1.54) is 11.6 Å². The Labute approximate surface area is 157 Å². The fourth-order valence-electron chi connectivity index (χ4n) is 3.42. The van der Waals surface area contributed by atoms with Crippen LogP contribution < -0.4 is 21.3 Å². The highest BCUT2D eigenvalue weighted by Gasteiger charge is 2.27. The number of carbonyl (C=O) groups is 1. The molecule has 1 aliphatic heterocycles. The van der Waals surface area contributed by atoms with Gasteiger partial charge in [0.2, 0.25) is 5.95 Å². The van der Waals surface area contributed by atoms with E-state index in [0.29, 0.717) is 28.6 Å². The molecule has 27 heavy (non-hydrogen) atoms. The summed E-state index contributed by atoms with van der Waals surface area (Å²) in [7, 11) is 1.46. The molecule has 0 N–H and O–H groups in total. The Kier molecular flexibility index (Phi) is 4.03. The molecule has 1 aromatic carbocycles. The number of halogens is 1. The summed E-state index contributed by atoms with van der Waals surface area (Å²) in [5, 5.41) is 11.5. The second-order valence-corrected chi connectivity index (χ2v) is 6.76. The normalized spacial score (nSPS) is 13.8. The first-order chi connectivity index (χ1) is 12.9. The molecule has 0 atom stereocenters. The Morgan fingerprint density at radius 3 is 2.78 bits per heavy atom. The van der Waals surface area contributed by atoms with Gasteiger partial charge in [-0.25, -0.2) is 4.79 Å². The van der Waals surface area contributed by atoms with Crippen LogP contribution in [0.15, 0.2) is 33.9 Å². The summed E-state index contributed by atoms with van der Waals surface area (Å²) >= 11 is 6.10. The molecule has 0 saturated heterocycles. The molecule has 0 radical (unpaired) electrons. The van der Waals surface area contributed by atoms with Crippen molar-refractivity contribution in [3.63, 3.8) is 0 Å². The van der Waals surface area contributed by atoms with Crippen molar-refractivity contribution in [3.8, 4) is 0 Å². The molecule has 2 aromatic heterocycles. The number of aliphatic carboxylic acids is 1. The molecule has 4 rings (SSSR count). The minimum Gasteiger partial charge on any atom is -0.548 e. The zero-order valence-corrected chi connectivity index (χ0v) is 15.1. The van der Waals surface area contributed by atoms with Gasteiger partial charge in [-0.05, 0) is 24.6 Å². The van der Waals surface area contributed by atoms with Crippen LogP contribution in [0.3, 0.4) is 0 Å². The van der Waals surface area contributed by atoms with Crippen LogP contribution in [0, 0.1) is 0 Å². The summed E-state index contributed by atoms with van der Waals surface area (Å²) < 4.78 is 3.55. The van der Waals surface area contributed by atoms with Crippen LogP contribution in [0.2, 0.25) is 5.02 Å². The molecule has 0 aliphatic carbocycles. The Bertz CT molecular complexity index is 1190. The van der Waals surface area contributed by atoms with E-state index in [4.69, 9.17) is 11.6 Å². The lowest BCUT2D eigenvalue weighted by Gasteiger charge is -2.29. The predicted molar refractivity (Wildman–Crippen MR) is 97.3 cm³/mol. The molecule has 0 spiro atoms. The van der Waals surface area contributed by atoms with E-state index in [0.717, 1.165) is 12.1 Å². The van der Waals surface area contributed by atoms with Crippen LogP contribution in [-0.4, -0.2) is 31.2 Å². The van der Waals surface area contributed by atoms with Gasteiger partial charge >= 0.3 is 5.69 Å². The maximum atomic E-state index is 12.8. The summed E-state index contributed by atoms with van der Waals surface area (Å²) in [5.74, 6) is -0.996. The number of anilines is 2. The molecule has 0 saturated carbocycles. The van der Waals surface area contributed by atoms with Gasteiger partial charge < -0.3 is 19.4 Å². The molecule has 9 nitrogen and oxygen atoms in total. The number of fused-ring (bicyclic) bond motifs is 3. The van der Waals surface area contributed by atoms with Crippen LogP contribution >= 0.6 is 11.6 Å². The van der Waals surface area contributed by atoms with Gasteiger partial charge in [0.25, 0.3) is 5.56 Å². The zero-order valence-electron chi connectivity index (χ0n) is 14.4. The van der Waals surface area contributed by atoms with Crippen molar-refractivity contribution < 1.29 is 9.90 Å². The number of hydrogen-bond donors (Lipinski definition) is 0. The first-order valence-electron chi connectivity index (χ1n) is 8.31. The first kappa shape index (κ1) is 17.3. The lowest BCUT2D eigenvalue weighted by molar-refractivity contribution is -0.306. The molecule has 0 bridgehead atoms. The molecule has 1 aliphatic rings. The molecular formula is C17H15ClN5O4-. The quantitative estimate of drug-likeness (QED) is 0.617. The average Bonchev–Trinajstić information content (AvgIpc) is 3.03. The maximum Gasteiger partial charge on any atom is 0.332 e. The van der Waals surface area contributed by atoms with E-state index >= 15 is 0 Å². The smallest absolute Gasteiger partial charge is 0.332 e. The molecule has 0 unspecified atom stereocenters. The van der Waals surface area contributed by atoms with Crippen LogP contribution in [0.1, 0.15) is 6.42 Å². The van der Waals surface area contributed by atoms with Crippen molar-refractivity contribution in [2.75, 3.05) is 11.4 Å². The molecule has 140 valence electrons. The third-order valence-electron chi connectivity index (χ3n) is 4.62. The van der Waals surface area contributed by atoms with Gasteiger partial charge in [0, 0.05) is 30.8 Å². The van der Waals surface area contributed by atoms with Gasteiger partial charge in [0.1, 0.15) is 0 Å². The lowest BCUT2D eigenvalue weighted by Crippen LogP contribution is -2.44. The number of carboxylic acids is 1. The van der Waals surface area contributed by atoms with Gasteiger partial charge in [-0.3, -0.25) is 13.9 Å². The Hall–Kier alpha value is -3.07. The number of aromatic nitrogens is 4. The number of rotatable bonds is 3. The van der Waals surface area contributed by atoms with Gasteiger partial charge in [-0.1, -0.05) is 17.7 Å². The standard InChI is InChI=1S/C17H16ClN5O4/c1-20-14-13(15(26)23(17(20)27)9-12(24)25)22-7-3-6-21(16(22)19-14)11-5-2-4-10(18)8-11/h2,4-5,8H,3,6-7,9H2,1H3,(H,24,25)/p-1. The Morgan fingerprint density at radius 2 is 2.07 bits per heavy atom. The van der Waals surface area contributed by atoms with Crippen molar-refractivity contribution in [1.82, 2.24) is 18.7 Å². The van der Waals surface area contributed by atoms with E-state index in [1.54, 1.807) is 16.7 Å². The zero-order chi connectivity index (χ0) is 19.3. The highest BCUT2D eigenvalue weighted by Crippen LogP contribution is 2.31. The summed E-state index contributed by atoms with van der Waals surface area (Å²) in [4.78, 5) is 42.6. The SMILES string of the molecule is Cn1c(=O)n(CC(=O)[O-])c(=O)c2c1nc1n2CCCN1c1cccc(Cl)c1. The fraction of sp³-hybridized carbons (Fsp3) is 0.294. The van der Waals surface area contributed by atoms with E-state index in [-0.39, 0.29) is 11.2 Å². The van der Waals surface area contributed by atoms with Crippen molar-refractivity contribution in [2.45, 2.75) is 19.5 Å². The van der Waals surface area contributed by atoms with Gasteiger partial charge in [0.15, 0.2) is 11.2 Å². The average molecular weight is 389 g/mol. The number of imidazole rings is 1. The number of benzene rings is 1. The summed E-state index contributed by atoms with van der Waals surface area (Å²) in [6.07, 6.45) is 0.744. The highest BCUT2D eigenvalue weighted by molar-refractivity contribution is 6.30. The second kappa shape index (κ2) is 6.27. The summed E-state index contributed by atoms with van der Waals surface area (Å²) in [6, 6.07) is 7.26. The van der Waals surface area contributed by atoms with Crippen LogP contribution in [0.5, 0.6) is 0 Å². The second-order valence-electron chi connectivity index (χ2n) is 6.33. The molecule has 3 heterocycles.